The van der Waals surface area contributed by atoms with E-state index >= 15 is 8.78 Å². The second-order valence-electron chi connectivity index (χ2n) is 12.4. The van der Waals surface area contributed by atoms with E-state index in [1.165, 1.54) is 30.3 Å². The summed E-state index contributed by atoms with van der Waals surface area (Å²) in [6.45, 7) is 6.14. The molecule has 10 heteroatoms. The molecule has 43 heavy (non-hydrogen) atoms. The largest absolute Gasteiger partial charge is 0.325 e. The molecule has 1 fully saturated rings. The first-order chi connectivity index (χ1) is 20.2. The number of Topliss-reactive ketones (excluding diaryl/α,β-unsaturated/α-hetero) is 1. The summed E-state index contributed by atoms with van der Waals surface area (Å²) in [4.78, 5) is 28.2. The van der Waals surface area contributed by atoms with E-state index in [9.17, 15) is 14.9 Å². The molecule has 0 bridgehead atoms. The summed E-state index contributed by atoms with van der Waals surface area (Å²) < 4.78 is 31.6. The highest BCUT2D eigenvalue weighted by Gasteiger charge is 2.61. The van der Waals surface area contributed by atoms with E-state index in [1.54, 1.807) is 43.3 Å². The predicted octanol–water partition coefficient (Wildman–Crippen LogP) is 6.98. The molecule has 3 aromatic carbocycles. The van der Waals surface area contributed by atoms with Crippen molar-refractivity contribution in [3.8, 4) is 6.07 Å². The molecule has 6 nitrogen and oxygen atoms in total. The van der Waals surface area contributed by atoms with Gasteiger partial charge in [-0.15, -0.1) is 0 Å². The van der Waals surface area contributed by atoms with Gasteiger partial charge in [0.25, 0.3) is 0 Å². The number of carbonyl (C=O) groups is 2. The molecular weight excluding hydrogens is 593 g/mol. The lowest BCUT2D eigenvalue weighted by Gasteiger charge is -2.37. The summed E-state index contributed by atoms with van der Waals surface area (Å²) in [5, 5.41) is 17.0. The Bertz CT molecular complexity index is 1570. The van der Waals surface area contributed by atoms with Gasteiger partial charge in [-0.05, 0) is 74.0 Å². The van der Waals surface area contributed by atoms with E-state index in [2.05, 4.69) is 16.7 Å². The molecule has 0 radical (unpaired) electrons. The van der Waals surface area contributed by atoms with Crippen LogP contribution < -0.4 is 10.6 Å². The third-order valence-corrected chi connectivity index (χ3v) is 8.19. The van der Waals surface area contributed by atoms with Crippen LogP contribution in [-0.4, -0.2) is 49.3 Å². The summed E-state index contributed by atoms with van der Waals surface area (Å²) in [5.41, 5.74) is -1.19. The van der Waals surface area contributed by atoms with Crippen LogP contribution >= 0.6 is 23.2 Å². The number of ketones is 1. The molecule has 0 aromatic heterocycles. The third kappa shape index (κ3) is 6.76. The van der Waals surface area contributed by atoms with Crippen molar-refractivity contribution in [2.75, 3.05) is 26.0 Å². The summed E-state index contributed by atoms with van der Waals surface area (Å²) in [7, 11) is 3.59. The van der Waals surface area contributed by atoms with E-state index in [-0.39, 0.29) is 38.9 Å². The first-order valence-corrected chi connectivity index (χ1v) is 14.6. The Morgan fingerprint density at radius 2 is 1.74 bits per heavy atom. The molecule has 1 amide bonds. The number of anilines is 1. The van der Waals surface area contributed by atoms with E-state index < -0.39 is 41.0 Å². The highest BCUT2D eigenvalue weighted by atomic mass is 35.5. The summed E-state index contributed by atoms with van der Waals surface area (Å²) in [6, 6.07) is 15.2. The van der Waals surface area contributed by atoms with E-state index in [4.69, 9.17) is 23.2 Å². The lowest BCUT2D eigenvalue weighted by atomic mass is 9.62. The number of nitrogens with one attached hydrogen (secondary N) is 2. The molecule has 0 aliphatic carbocycles. The van der Waals surface area contributed by atoms with Crippen molar-refractivity contribution in [1.29, 1.82) is 5.26 Å². The van der Waals surface area contributed by atoms with E-state index in [0.29, 0.717) is 17.7 Å². The Morgan fingerprint density at radius 3 is 2.33 bits per heavy atom. The van der Waals surface area contributed by atoms with Crippen LogP contribution in [0.4, 0.5) is 14.5 Å². The number of hydrogen-bond acceptors (Lipinski definition) is 5. The van der Waals surface area contributed by atoms with Crippen molar-refractivity contribution in [2.45, 2.75) is 50.6 Å². The zero-order chi connectivity index (χ0) is 31.7. The molecule has 1 saturated heterocycles. The number of halogens is 4. The predicted molar refractivity (Wildman–Crippen MR) is 166 cm³/mol. The summed E-state index contributed by atoms with van der Waals surface area (Å²) in [6.07, 6.45) is 0.355. The van der Waals surface area contributed by atoms with Gasteiger partial charge in [-0.2, -0.15) is 5.26 Å². The second-order valence-corrected chi connectivity index (χ2v) is 13.3. The maximum Gasteiger partial charge on any atom is 0.242 e. The Kier molecular flexibility index (Phi) is 9.63. The number of amides is 1. The first-order valence-electron chi connectivity index (χ1n) is 13.8. The van der Waals surface area contributed by atoms with Gasteiger partial charge in [0.05, 0.1) is 23.7 Å². The van der Waals surface area contributed by atoms with E-state index in [1.807, 2.05) is 20.8 Å². The molecule has 4 rings (SSSR count). The average molecular weight is 628 g/mol. The number of rotatable bonds is 8. The standard InChI is InChI=1S/C33H34Cl2F2N4O2/c1-32(2,3)16-27-33(18-38,23-14-11-20(34)15-25(23)36)28(22-7-6-8-24(35)29(22)37)30(40-27)31(43)39-21-12-9-19(10-13-21)26(42)17-41(4)5/h6-15,27-28,30,40H,16-17H2,1-5H3,(H,39,43)/t27-,28-,30+,33-/m0/s1. The van der Waals surface area contributed by atoms with Crippen LogP contribution in [0.15, 0.2) is 60.7 Å². The Labute approximate surface area is 261 Å². The lowest BCUT2D eigenvalue weighted by molar-refractivity contribution is -0.118. The zero-order valence-corrected chi connectivity index (χ0v) is 26.2. The average Bonchev–Trinajstić information content (AvgIpc) is 3.23. The van der Waals surface area contributed by atoms with Gasteiger partial charge in [0.2, 0.25) is 5.91 Å². The lowest BCUT2D eigenvalue weighted by Crippen LogP contribution is -2.45. The number of benzene rings is 3. The molecule has 3 aromatic rings. The van der Waals surface area contributed by atoms with Gasteiger partial charge in [-0.1, -0.05) is 62.2 Å². The number of likely N-dealkylation sites (N-methyl/N-ethyl adjacent to an activating group) is 1. The molecule has 0 spiro atoms. The Balaban J connectivity index is 1.85. The van der Waals surface area contributed by atoms with Gasteiger partial charge < -0.3 is 15.5 Å². The monoisotopic (exact) mass is 626 g/mol. The van der Waals surface area contributed by atoms with Gasteiger partial charge in [0.15, 0.2) is 5.78 Å². The molecular formula is C33H34Cl2F2N4O2. The topological polar surface area (TPSA) is 85.2 Å². The van der Waals surface area contributed by atoms with Crippen LogP contribution in [0.5, 0.6) is 0 Å². The van der Waals surface area contributed by atoms with Crippen LogP contribution in [0.1, 0.15) is 54.6 Å². The minimum atomic E-state index is -1.72. The Hall–Kier alpha value is -3.35. The molecule has 0 unspecified atom stereocenters. The number of hydrogen-bond donors (Lipinski definition) is 2. The first kappa shape index (κ1) is 32.6. The molecule has 2 N–H and O–H groups in total. The van der Waals surface area contributed by atoms with Gasteiger partial charge in [-0.25, -0.2) is 8.78 Å². The van der Waals surface area contributed by atoms with Crippen LogP contribution in [0, 0.1) is 28.4 Å². The normalized spacial score (nSPS) is 21.9. The molecule has 1 aliphatic rings. The molecule has 1 aliphatic heterocycles. The molecule has 1 heterocycles. The van der Waals surface area contributed by atoms with Crippen LogP contribution in [0.2, 0.25) is 10.0 Å². The highest BCUT2D eigenvalue weighted by molar-refractivity contribution is 6.31. The van der Waals surface area contributed by atoms with Gasteiger partial charge in [-0.3, -0.25) is 9.59 Å². The zero-order valence-electron chi connectivity index (χ0n) is 24.6. The quantitative estimate of drug-likeness (QED) is 0.264. The fourth-order valence-corrected chi connectivity index (χ4v) is 6.24. The SMILES string of the molecule is CN(C)CC(=O)c1ccc(NC(=O)[C@@H]2N[C@@H](CC(C)(C)C)[C@](C#N)(c3ccc(Cl)cc3F)[C@H]2c2cccc(Cl)c2F)cc1. The maximum absolute atomic E-state index is 15.8. The number of nitrogens with zero attached hydrogens (tertiary/aromatic N) is 2. The minimum absolute atomic E-state index is 0.00424. The van der Waals surface area contributed by atoms with Crippen molar-refractivity contribution >= 4 is 40.6 Å². The van der Waals surface area contributed by atoms with Crippen LogP contribution in [0.25, 0.3) is 0 Å². The van der Waals surface area contributed by atoms with Crippen LogP contribution in [0.3, 0.4) is 0 Å². The Morgan fingerprint density at radius 1 is 1.07 bits per heavy atom. The van der Waals surface area contributed by atoms with Crippen LogP contribution in [-0.2, 0) is 10.2 Å². The van der Waals surface area contributed by atoms with E-state index in [0.717, 1.165) is 6.07 Å². The van der Waals surface area contributed by atoms with Crippen molar-refractivity contribution in [2.24, 2.45) is 5.41 Å². The smallest absolute Gasteiger partial charge is 0.242 e. The molecule has 4 atom stereocenters. The van der Waals surface area contributed by atoms with Gasteiger partial charge in [0, 0.05) is 33.8 Å². The van der Waals surface area contributed by atoms with Crippen molar-refractivity contribution < 1.29 is 18.4 Å². The summed E-state index contributed by atoms with van der Waals surface area (Å²) >= 11 is 12.3. The van der Waals surface area contributed by atoms with Gasteiger partial charge >= 0.3 is 0 Å². The number of carbonyl (C=O) groups excluding carboxylic acids is 2. The second kappa shape index (κ2) is 12.7. The minimum Gasteiger partial charge on any atom is -0.325 e. The molecule has 226 valence electrons. The fraction of sp³-hybridized carbons (Fsp3) is 0.364. The number of nitriles is 1. The van der Waals surface area contributed by atoms with Crippen molar-refractivity contribution in [1.82, 2.24) is 10.2 Å². The maximum atomic E-state index is 15.8. The third-order valence-electron chi connectivity index (χ3n) is 7.67. The molecule has 0 saturated carbocycles. The van der Waals surface area contributed by atoms with Crippen molar-refractivity contribution in [3.05, 3.63) is 99.0 Å². The van der Waals surface area contributed by atoms with Crippen molar-refractivity contribution in [3.63, 3.8) is 0 Å². The highest BCUT2D eigenvalue weighted by Crippen LogP contribution is 2.52. The van der Waals surface area contributed by atoms with Gasteiger partial charge in [0.1, 0.15) is 17.0 Å². The fourth-order valence-electron chi connectivity index (χ4n) is 5.89. The summed E-state index contributed by atoms with van der Waals surface area (Å²) in [5.74, 6) is -3.34.